The molecule has 4 heteroatoms. The number of pyridine rings is 1. The van der Waals surface area contributed by atoms with E-state index in [-0.39, 0.29) is 5.91 Å². The second kappa shape index (κ2) is 6.38. The summed E-state index contributed by atoms with van der Waals surface area (Å²) in [5, 5.41) is 0.486. The molecule has 2 heterocycles. The Morgan fingerprint density at radius 1 is 1.47 bits per heavy atom. The van der Waals surface area contributed by atoms with Gasteiger partial charge in [-0.2, -0.15) is 0 Å². The lowest BCUT2D eigenvalue weighted by molar-refractivity contribution is -0.131. The summed E-state index contributed by atoms with van der Waals surface area (Å²) in [6, 6.07) is 3.75. The lowest BCUT2D eigenvalue weighted by Crippen LogP contribution is -2.29. The van der Waals surface area contributed by atoms with Crippen LogP contribution in [0.15, 0.2) is 18.3 Å². The lowest BCUT2D eigenvalue weighted by atomic mass is 9.89. The van der Waals surface area contributed by atoms with E-state index in [0.717, 1.165) is 24.9 Å². The summed E-state index contributed by atoms with van der Waals surface area (Å²) in [6.45, 7) is 5.98. The van der Waals surface area contributed by atoms with Gasteiger partial charge in [0.1, 0.15) is 5.15 Å². The molecule has 0 saturated carbocycles. The van der Waals surface area contributed by atoms with E-state index >= 15 is 0 Å². The third-order valence-corrected chi connectivity index (χ3v) is 4.17. The number of likely N-dealkylation sites (tertiary alicyclic amines) is 1. The molecule has 1 aliphatic heterocycles. The predicted molar refractivity (Wildman–Crippen MR) is 76.8 cm³/mol. The molecule has 1 aliphatic rings. The lowest BCUT2D eigenvalue weighted by Gasteiger charge is -2.21. The van der Waals surface area contributed by atoms with Crippen LogP contribution in [0, 0.1) is 11.8 Å². The van der Waals surface area contributed by atoms with Crippen molar-refractivity contribution < 1.29 is 4.79 Å². The molecular formula is C15H21ClN2O. The standard InChI is InChI=1S/C15H21ClN2O/c1-11(2)13-3-4-15(19)18(8-6-13)10-12-5-7-17-14(16)9-12/h5,7,9,11,13H,3-4,6,8,10H2,1-2H3. The number of halogens is 1. The van der Waals surface area contributed by atoms with Gasteiger partial charge in [-0.15, -0.1) is 0 Å². The van der Waals surface area contributed by atoms with Crippen molar-refractivity contribution in [2.45, 2.75) is 39.7 Å². The molecule has 19 heavy (non-hydrogen) atoms. The van der Waals surface area contributed by atoms with Crippen LogP contribution in [-0.2, 0) is 11.3 Å². The van der Waals surface area contributed by atoms with Gasteiger partial charge < -0.3 is 4.90 Å². The normalized spacial score (nSPS) is 20.7. The molecule has 2 rings (SSSR count). The Bertz CT molecular complexity index is 448. The van der Waals surface area contributed by atoms with Gasteiger partial charge >= 0.3 is 0 Å². The second-order valence-electron chi connectivity index (χ2n) is 5.63. The number of carbonyl (C=O) groups is 1. The first-order chi connectivity index (χ1) is 9.06. The zero-order valence-corrected chi connectivity index (χ0v) is 12.4. The fraction of sp³-hybridized carbons (Fsp3) is 0.600. The summed E-state index contributed by atoms with van der Waals surface area (Å²) in [5.41, 5.74) is 1.05. The van der Waals surface area contributed by atoms with Crippen molar-refractivity contribution in [2.75, 3.05) is 6.54 Å². The summed E-state index contributed by atoms with van der Waals surface area (Å²) < 4.78 is 0. The molecule has 1 fully saturated rings. The highest BCUT2D eigenvalue weighted by atomic mass is 35.5. The SMILES string of the molecule is CC(C)C1CCC(=O)N(Cc2ccnc(Cl)c2)CC1. The first kappa shape index (κ1) is 14.3. The Kier molecular flexibility index (Phi) is 4.81. The van der Waals surface area contributed by atoms with Crippen molar-refractivity contribution >= 4 is 17.5 Å². The van der Waals surface area contributed by atoms with Crippen LogP contribution in [0.2, 0.25) is 5.15 Å². The minimum atomic E-state index is 0.260. The number of amides is 1. The Morgan fingerprint density at radius 2 is 2.26 bits per heavy atom. The van der Waals surface area contributed by atoms with Gasteiger partial charge in [-0.05, 0) is 42.4 Å². The van der Waals surface area contributed by atoms with Crippen LogP contribution < -0.4 is 0 Å². The van der Waals surface area contributed by atoms with E-state index in [9.17, 15) is 4.79 Å². The van der Waals surface area contributed by atoms with Gasteiger partial charge in [0.15, 0.2) is 0 Å². The van der Waals surface area contributed by atoms with Crippen LogP contribution in [0.1, 0.15) is 38.7 Å². The maximum absolute atomic E-state index is 12.1. The summed E-state index contributed by atoms with van der Waals surface area (Å²) in [4.78, 5) is 18.1. The molecule has 3 nitrogen and oxygen atoms in total. The average molecular weight is 281 g/mol. The van der Waals surface area contributed by atoms with E-state index in [0.29, 0.717) is 30.0 Å². The summed E-state index contributed by atoms with van der Waals surface area (Å²) in [5.74, 6) is 1.58. The monoisotopic (exact) mass is 280 g/mol. The van der Waals surface area contributed by atoms with Crippen molar-refractivity contribution in [1.29, 1.82) is 0 Å². The number of aromatic nitrogens is 1. The van der Waals surface area contributed by atoms with Crippen LogP contribution in [-0.4, -0.2) is 22.3 Å². The predicted octanol–water partition coefficient (Wildman–Crippen LogP) is 3.52. The number of nitrogens with zero attached hydrogens (tertiary/aromatic N) is 2. The van der Waals surface area contributed by atoms with Crippen molar-refractivity contribution in [1.82, 2.24) is 9.88 Å². The first-order valence-corrected chi connectivity index (χ1v) is 7.32. The number of hydrogen-bond donors (Lipinski definition) is 0. The van der Waals surface area contributed by atoms with Crippen LogP contribution in [0.25, 0.3) is 0 Å². The van der Waals surface area contributed by atoms with Crippen molar-refractivity contribution in [3.8, 4) is 0 Å². The highest BCUT2D eigenvalue weighted by Crippen LogP contribution is 2.26. The molecule has 1 amide bonds. The molecule has 1 aromatic heterocycles. The average Bonchev–Trinajstić information content (AvgIpc) is 2.53. The molecule has 0 aromatic carbocycles. The molecule has 0 N–H and O–H groups in total. The Labute approximate surface area is 120 Å². The minimum Gasteiger partial charge on any atom is -0.338 e. The molecule has 0 bridgehead atoms. The summed E-state index contributed by atoms with van der Waals surface area (Å²) in [6.07, 6.45) is 4.48. The molecular weight excluding hydrogens is 260 g/mol. The number of carbonyl (C=O) groups excluding carboxylic acids is 1. The minimum absolute atomic E-state index is 0.260. The molecule has 0 spiro atoms. The van der Waals surface area contributed by atoms with Gasteiger partial charge in [-0.3, -0.25) is 4.79 Å². The summed E-state index contributed by atoms with van der Waals surface area (Å²) >= 11 is 5.88. The molecule has 1 aromatic rings. The quantitative estimate of drug-likeness (QED) is 0.794. The van der Waals surface area contributed by atoms with Gasteiger partial charge in [0.25, 0.3) is 0 Å². The third-order valence-electron chi connectivity index (χ3n) is 3.96. The van der Waals surface area contributed by atoms with Crippen molar-refractivity contribution in [2.24, 2.45) is 11.8 Å². The molecule has 1 unspecified atom stereocenters. The molecule has 0 aliphatic carbocycles. The van der Waals surface area contributed by atoms with E-state index in [1.165, 1.54) is 0 Å². The van der Waals surface area contributed by atoms with Gasteiger partial charge in [0.2, 0.25) is 5.91 Å². The third kappa shape index (κ3) is 3.93. The summed E-state index contributed by atoms with van der Waals surface area (Å²) in [7, 11) is 0. The van der Waals surface area contributed by atoms with Gasteiger partial charge in [-0.1, -0.05) is 25.4 Å². The Morgan fingerprint density at radius 3 is 2.95 bits per heavy atom. The van der Waals surface area contributed by atoms with E-state index in [2.05, 4.69) is 18.8 Å². The van der Waals surface area contributed by atoms with Crippen LogP contribution >= 0.6 is 11.6 Å². The largest absolute Gasteiger partial charge is 0.338 e. The molecule has 104 valence electrons. The molecule has 1 saturated heterocycles. The highest BCUT2D eigenvalue weighted by Gasteiger charge is 2.24. The maximum atomic E-state index is 12.1. The fourth-order valence-electron chi connectivity index (χ4n) is 2.65. The highest BCUT2D eigenvalue weighted by molar-refractivity contribution is 6.29. The Hall–Kier alpha value is -1.09. The Balaban J connectivity index is 2.02. The molecule has 1 atom stereocenters. The van der Waals surface area contributed by atoms with Gasteiger partial charge in [-0.25, -0.2) is 4.98 Å². The topological polar surface area (TPSA) is 33.2 Å². The van der Waals surface area contributed by atoms with Crippen LogP contribution in [0.5, 0.6) is 0 Å². The fourth-order valence-corrected chi connectivity index (χ4v) is 2.85. The van der Waals surface area contributed by atoms with Crippen LogP contribution in [0.4, 0.5) is 0 Å². The van der Waals surface area contributed by atoms with E-state index < -0.39 is 0 Å². The van der Waals surface area contributed by atoms with Gasteiger partial charge in [0, 0.05) is 25.7 Å². The van der Waals surface area contributed by atoms with Crippen LogP contribution in [0.3, 0.4) is 0 Å². The van der Waals surface area contributed by atoms with E-state index in [1.807, 2.05) is 17.0 Å². The smallest absolute Gasteiger partial charge is 0.222 e. The van der Waals surface area contributed by atoms with E-state index in [1.54, 1.807) is 6.20 Å². The van der Waals surface area contributed by atoms with Gasteiger partial charge in [0.05, 0.1) is 0 Å². The number of hydrogen-bond acceptors (Lipinski definition) is 2. The zero-order valence-electron chi connectivity index (χ0n) is 11.6. The second-order valence-corrected chi connectivity index (χ2v) is 6.02. The van der Waals surface area contributed by atoms with Crippen molar-refractivity contribution in [3.63, 3.8) is 0 Å². The first-order valence-electron chi connectivity index (χ1n) is 6.94. The zero-order chi connectivity index (χ0) is 13.8. The van der Waals surface area contributed by atoms with E-state index in [4.69, 9.17) is 11.6 Å². The molecule has 0 radical (unpaired) electrons. The number of rotatable bonds is 3. The maximum Gasteiger partial charge on any atom is 0.222 e. The van der Waals surface area contributed by atoms with Crippen molar-refractivity contribution in [3.05, 3.63) is 29.0 Å².